The van der Waals surface area contributed by atoms with Crippen LogP contribution in [0.4, 0.5) is 5.69 Å². The molecule has 0 aliphatic carbocycles. The van der Waals surface area contributed by atoms with E-state index in [4.69, 9.17) is 4.42 Å². The third-order valence-corrected chi connectivity index (χ3v) is 3.35. The van der Waals surface area contributed by atoms with Crippen molar-refractivity contribution in [3.8, 4) is 0 Å². The van der Waals surface area contributed by atoms with Crippen LogP contribution in [0.5, 0.6) is 0 Å². The summed E-state index contributed by atoms with van der Waals surface area (Å²) in [6, 6.07) is 10.8. The number of nitrogens with one attached hydrogen (secondary N) is 2. The van der Waals surface area contributed by atoms with Crippen LogP contribution in [0.1, 0.15) is 19.1 Å². The fourth-order valence-corrected chi connectivity index (χ4v) is 1.97. The van der Waals surface area contributed by atoms with Crippen molar-refractivity contribution in [1.82, 2.24) is 5.43 Å². The highest BCUT2D eigenvalue weighted by atomic mass is 79.9. The Morgan fingerprint density at radius 1 is 1.38 bits per heavy atom. The van der Waals surface area contributed by atoms with Crippen molar-refractivity contribution in [2.75, 3.05) is 5.32 Å². The number of halogens is 1. The molecule has 6 heteroatoms. The predicted octanol–water partition coefficient (Wildman–Crippen LogP) is 3.38. The van der Waals surface area contributed by atoms with Gasteiger partial charge in [0.1, 0.15) is 11.8 Å². The lowest BCUT2D eigenvalue weighted by Gasteiger charge is -2.16. The van der Waals surface area contributed by atoms with Gasteiger partial charge in [0.2, 0.25) is 0 Å². The van der Waals surface area contributed by atoms with Gasteiger partial charge in [0.25, 0.3) is 5.91 Å². The summed E-state index contributed by atoms with van der Waals surface area (Å²) in [7, 11) is 0. The molecule has 0 saturated carbocycles. The van der Waals surface area contributed by atoms with Crippen molar-refractivity contribution in [2.24, 2.45) is 5.10 Å². The molecule has 1 amide bonds. The van der Waals surface area contributed by atoms with E-state index in [-0.39, 0.29) is 11.9 Å². The summed E-state index contributed by atoms with van der Waals surface area (Å²) in [5.41, 5.74) is 3.39. The van der Waals surface area contributed by atoms with E-state index in [1.807, 2.05) is 31.2 Å². The van der Waals surface area contributed by atoms with E-state index >= 15 is 0 Å². The standard InChI is InChI=1S/C15H16BrN3O2/c1-2-14(18-12-7-5-11(16)6-8-12)15(20)19-17-10-13-4-3-9-21-13/h3-10,14,18H,2H2,1H3,(H,19,20)/b17-10-/t14-/m0/s1. The first-order valence-corrected chi connectivity index (χ1v) is 7.37. The first kappa shape index (κ1) is 15.3. The van der Waals surface area contributed by atoms with Crippen molar-refractivity contribution in [3.05, 3.63) is 52.9 Å². The van der Waals surface area contributed by atoms with Gasteiger partial charge in [-0.1, -0.05) is 22.9 Å². The Bertz CT molecular complexity index is 594. The SMILES string of the molecule is CC[C@H](Nc1ccc(Br)cc1)C(=O)N/N=C\c1ccco1. The van der Waals surface area contributed by atoms with Crippen molar-refractivity contribution >= 4 is 33.7 Å². The maximum absolute atomic E-state index is 12.0. The first-order valence-electron chi connectivity index (χ1n) is 6.57. The molecule has 0 aliphatic rings. The van der Waals surface area contributed by atoms with E-state index in [9.17, 15) is 4.79 Å². The lowest BCUT2D eigenvalue weighted by molar-refractivity contribution is -0.121. The Morgan fingerprint density at radius 2 is 2.14 bits per heavy atom. The van der Waals surface area contributed by atoms with Crippen molar-refractivity contribution in [2.45, 2.75) is 19.4 Å². The minimum atomic E-state index is -0.347. The monoisotopic (exact) mass is 349 g/mol. The maximum atomic E-state index is 12.0. The molecule has 0 fully saturated rings. The number of carbonyl (C=O) groups is 1. The van der Waals surface area contributed by atoms with E-state index < -0.39 is 0 Å². The average Bonchev–Trinajstić information content (AvgIpc) is 3.00. The van der Waals surface area contributed by atoms with Crippen LogP contribution in [-0.2, 0) is 4.79 Å². The van der Waals surface area contributed by atoms with Crippen LogP contribution >= 0.6 is 15.9 Å². The quantitative estimate of drug-likeness (QED) is 0.620. The maximum Gasteiger partial charge on any atom is 0.262 e. The van der Waals surface area contributed by atoms with Crippen molar-refractivity contribution in [3.63, 3.8) is 0 Å². The number of benzene rings is 1. The minimum absolute atomic E-state index is 0.191. The summed E-state index contributed by atoms with van der Waals surface area (Å²) >= 11 is 3.38. The Kier molecular flexibility index (Phi) is 5.57. The lowest BCUT2D eigenvalue weighted by Crippen LogP contribution is -2.36. The van der Waals surface area contributed by atoms with E-state index in [0.29, 0.717) is 12.2 Å². The highest BCUT2D eigenvalue weighted by Crippen LogP contribution is 2.15. The third kappa shape index (κ3) is 4.75. The van der Waals surface area contributed by atoms with Gasteiger partial charge >= 0.3 is 0 Å². The summed E-state index contributed by atoms with van der Waals surface area (Å²) < 4.78 is 6.08. The van der Waals surface area contributed by atoms with Crippen molar-refractivity contribution in [1.29, 1.82) is 0 Å². The Hall–Kier alpha value is -2.08. The van der Waals surface area contributed by atoms with Crippen LogP contribution < -0.4 is 10.7 Å². The van der Waals surface area contributed by atoms with Gasteiger partial charge in [0.15, 0.2) is 0 Å². The van der Waals surface area contributed by atoms with Gasteiger partial charge in [-0.15, -0.1) is 0 Å². The summed E-state index contributed by atoms with van der Waals surface area (Å²) in [6.07, 6.45) is 3.66. The van der Waals surface area contributed by atoms with Gasteiger partial charge in [-0.25, -0.2) is 5.43 Å². The van der Waals surface area contributed by atoms with Crippen LogP contribution in [0.15, 0.2) is 56.7 Å². The smallest absolute Gasteiger partial charge is 0.262 e. The Labute approximate surface area is 131 Å². The molecule has 0 bridgehead atoms. The molecule has 1 aromatic carbocycles. The fourth-order valence-electron chi connectivity index (χ4n) is 1.70. The number of nitrogens with zero attached hydrogens (tertiary/aromatic N) is 1. The van der Waals surface area contributed by atoms with E-state index in [1.165, 1.54) is 6.21 Å². The largest absolute Gasteiger partial charge is 0.463 e. The van der Waals surface area contributed by atoms with Gasteiger partial charge in [0.05, 0.1) is 12.5 Å². The second-order valence-electron chi connectivity index (χ2n) is 4.36. The molecule has 1 heterocycles. The molecule has 1 atom stereocenters. The van der Waals surface area contributed by atoms with E-state index in [2.05, 4.69) is 31.8 Å². The highest BCUT2D eigenvalue weighted by molar-refractivity contribution is 9.10. The summed E-state index contributed by atoms with van der Waals surface area (Å²) in [4.78, 5) is 12.0. The molecule has 0 radical (unpaired) electrons. The highest BCUT2D eigenvalue weighted by Gasteiger charge is 2.15. The fraction of sp³-hybridized carbons (Fsp3) is 0.200. The van der Waals surface area contributed by atoms with Gasteiger partial charge in [0, 0.05) is 10.2 Å². The second kappa shape index (κ2) is 7.64. The lowest BCUT2D eigenvalue weighted by atomic mass is 10.2. The number of hydrazone groups is 1. The number of carbonyl (C=O) groups excluding carboxylic acids is 1. The summed E-state index contributed by atoms with van der Waals surface area (Å²) in [5, 5.41) is 7.04. The van der Waals surface area contributed by atoms with E-state index in [0.717, 1.165) is 10.2 Å². The molecule has 2 N–H and O–H groups in total. The molecule has 21 heavy (non-hydrogen) atoms. The zero-order valence-electron chi connectivity index (χ0n) is 11.5. The van der Waals surface area contributed by atoms with Crippen LogP contribution in [-0.4, -0.2) is 18.2 Å². The van der Waals surface area contributed by atoms with Crippen LogP contribution in [0.25, 0.3) is 0 Å². The predicted molar refractivity (Wildman–Crippen MR) is 86.3 cm³/mol. The molecule has 2 aromatic rings. The summed E-state index contributed by atoms with van der Waals surface area (Å²) in [6.45, 7) is 1.94. The number of hydrogen-bond acceptors (Lipinski definition) is 4. The molecule has 5 nitrogen and oxygen atoms in total. The number of furan rings is 1. The first-order chi connectivity index (χ1) is 10.2. The second-order valence-corrected chi connectivity index (χ2v) is 5.28. The van der Waals surface area contributed by atoms with Gasteiger partial charge < -0.3 is 9.73 Å². The molecular weight excluding hydrogens is 334 g/mol. The van der Waals surface area contributed by atoms with Gasteiger partial charge in [-0.05, 0) is 42.8 Å². The number of anilines is 1. The van der Waals surface area contributed by atoms with Crippen LogP contribution in [0.3, 0.4) is 0 Å². The Balaban J connectivity index is 1.90. The normalized spacial score (nSPS) is 12.3. The Morgan fingerprint density at radius 3 is 2.76 bits per heavy atom. The van der Waals surface area contributed by atoms with Gasteiger partial charge in [-0.2, -0.15) is 5.10 Å². The number of amides is 1. The van der Waals surface area contributed by atoms with E-state index in [1.54, 1.807) is 18.4 Å². The van der Waals surface area contributed by atoms with Crippen LogP contribution in [0, 0.1) is 0 Å². The van der Waals surface area contributed by atoms with Gasteiger partial charge in [-0.3, -0.25) is 4.79 Å². The number of rotatable bonds is 6. The topological polar surface area (TPSA) is 66.6 Å². The molecule has 2 rings (SSSR count). The zero-order chi connectivity index (χ0) is 15.1. The molecule has 1 aromatic heterocycles. The molecule has 0 spiro atoms. The molecule has 0 aliphatic heterocycles. The molecule has 110 valence electrons. The third-order valence-electron chi connectivity index (χ3n) is 2.82. The van der Waals surface area contributed by atoms with Crippen LogP contribution in [0.2, 0.25) is 0 Å². The molecule has 0 saturated heterocycles. The molecule has 0 unspecified atom stereocenters. The number of hydrogen-bond donors (Lipinski definition) is 2. The zero-order valence-corrected chi connectivity index (χ0v) is 13.1. The van der Waals surface area contributed by atoms with Crippen molar-refractivity contribution < 1.29 is 9.21 Å². The molecular formula is C15H16BrN3O2. The minimum Gasteiger partial charge on any atom is -0.463 e. The average molecular weight is 350 g/mol. The summed E-state index contributed by atoms with van der Waals surface area (Å²) in [5.74, 6) is 0.396.